The average molecular weight is 288 g/mol. The second kappa shape index (κ2) is 4.94. The smallest absolute Gasteiger partial charge is 0.256 e. The van der Waals surface area contributed by atoms with Crippen LogP contribution in [0, 0.1) is 0 Å². The van der Waals surface area contributed by atoms with E-state index in [2.05, 4.69) is 15.6 Å². The number of fused-ring (bicyclic) bond motifs is 1. The number of halogens is 1. The largest absolute Gasteiger partial charge is 0.326 e. The molecule has 0 atom stereocenters. The quantitative estimate of drug-likeness (QED) is 0.891. The van der Waals surface area contributed by atoms with Crippen LogP contribution in [-0.2, 0) is 11.2 Å². The SMILES string of the molecule is O=C1Cc2ccc(C(=O)Nc3ncccc3Cl)cc2N1. The van der Waals surface area contributed by atoms with Crippen LogP contribution < -0.4 is 10.6 Å². The van der Waals surface area contributed by atoms with Crippen LogP contribution in [0.15, 0.2) is 36.5 Å². The molecule has 2 N–H and O–H groups in total. The summed E-state index contributed by atoms with van der Waals surface area (Å²) in [5.74, 6) is -0.0800. The van der Waals surface area contributed by atoms with Gasteiger partial charge in [0.1, 0.15) is 0 Å². The zero-order valence-electron chi connectivity index (χ0n) is 10.3. The predicted octanol–water partition coefficient (Wildman–Crippen LogP) is 2.48. The van der Waals surface area contributed by atoms with Gasteiger partial charge in [-0.3, -0.25) is 9.59 Å². The Morgan fingerprint density at radius 2 is 2.20 bits per heavy atom. The Morgan fingerprint density at radius 1 is 1.35 bits per heavy atom. The molecular weight excluding hydrogens is 278 g/mol. The number of aromatic nitrogens is 1. The third-order valence-electron chi connectivity index (χ3n) is 2.99. The molecule has 1 aromatic heterocycles. The molecule has 20 heavy (non-hydrogen) atoms. The summed E-state index contributed by atoms with van der Waals surface area (Å²) >= 11 is 5.93. The minimum absolute atomic E-state index is 0.0645. The Hall–Kier alpha value is -2.40. The first-order valence-corrected chi connectivity index (χ1v) is 6.36. The summed E-state index contributed by atoms with van der Waals surface area (Å²) in [6, 6.07) is 8.41. The van der Waals surface area contributed by atoms with Gasteiger partial charge < -0.3 is 10.6 Å². The topological polar surface area (TPSA) is 71.1 Å². The molecule has 5 nitrogen and oxygen atoms in total. The number of hydrogen-bond donors (Lipinski definition) is 2. The van der Waals surface area contributed by atoms with Gasteiger partial charge in [-0.1, -0.05) is 17.7 Å². The highest BCUT2D eigenvalue weighted by Gasteiger charge is 2.19. The second-order valence-corrected chi connectivity index (χ2v) is 4.79. The lowest BCUT2D eigenvalue weighted by molar-refractivity contribution is -0.115. The zero-order valence-corrected chi connectivity index (χ0v) is 11.1. The van der Waals surface area contributed by atoms with Crippen molar-refractivity contribution < 1.29 is 9.59 Å². The molecule has 0 spiro atoms. The first kappa shape index (κ1) is 12.6. The molecule has 0 saturated heterocycles. The molecule has 0 saturated carbocycles. The molecule has 0 aliphatic carbocycles. The van der Waals surface area contributed by atoms with Crippen molar-refractivity contribution in [1.82, 2.24) is 4.98 Å². The summed E-state index contributed by atoms with van der Waals surface area (Å²) in [5, 5.41) is 5.71. The number of amides is 2. The van der Waals surface area contributed by atoms with Crippen molar-refractivity contribution in [1.29, 1.82) is 0 Å². The van der Waals surface area contributed by atoms with Gasteiger partial charge >= 0.3 is 0 Å². The first-order chi connectivity index (χ1) is 9.63. The molecule has 2 heterocycles. The van der Waals surface area contributed by atoms with Crippen LogP contribution in [0.25, 0.3) is 0 Å². The maximum absolute atomic E-state index is 12.1. The summed E-state index contributed by atoms with van der Waals surface area (Å²) < 4.78 is 0. The van der Waals surface area contributed by atoms with E-state index in [0.29, 0.717) is 28.5 Å². The molecule has 2 amide bonds. The van der Waals surface area contributed by atoms with Crippen LogP contribution >= 0.6 is 11.6 Å². The maximum Gasteiger partial charge on any atom is 0.256 e. The Morgan fingerprint density at radius 3 is 3.00 bits per heavy atom. The van der Waals surface area contributed by atoms with Gasteiger partial charge in [-0.05, 0) is 29.8 Å². The molecule has 0 radical (unpaired) electrons. The average Bonchev–Trinajstić information content (AvgIpc) is 2.80. The predicted molar refractivity (Wildman–Crippen MR) is 76.0 cm³/mol. The molecule has 2 aromatic rings. The van der Waals surface area contributed by atoms with Crippen LogP contribution in [0.1, 0.15) is 15.9 Å². The number of nitrogens with one attached hydrogen (secondary N) is 2. The Bertz CT molecular complexity index is 715. The molecule has 0 fully saturated rings. The summed E-state index contributed by atoms with van der Waals surface area (Å²) in [5.41, 5.74) is 2.00. The normalized spacial score (nSPS) is 12.8. The molecule has 6 heteroatoms. The molecule has 100 valence electrons. The van der Waals surface area contributed by atoms with E-state index < -0.39 is 0 Å². The highest BCUT2D eigenvalue weighted by molar-refractivity contribution is 6.33. The molecule has 0 unspecified atom stereocenters. The Labute approximate surface area is 120 Å². The van der Waals surface area contributed by atoms with E-state index in [-0.39, 0.29) is 11.8 Å². The first-order valence-electron chi connectivity index (χ1n) is 5.98. The number of anilines is 2. The van der Waals surface area contributed by atoms with Gasteiger partial charge in [0.25, 0.3) is 5.91 Å². The van der Waals surface area contributed by atoms with E-state index >= 15 is 0 Å². The fourth-order valence-corrected chi connectivity index (χ4v) is 2.18. The van der Waals surface area contributed by atoms with Gasteiger partial charge in [0, 0.05) is 17.4 Å². The van der Waals surface area contributed by atoms with Crippen LogP contribution in [0.3, 0.4) is 0 Å². The molecule has 1 aliphatic rings. The van der Waals surface area contributed by atoms with Crippen molar-refractivity contribution in [2.75, 3.05) is 10.6 Å². The van der Waals surface area contributed by atoms with Crippen LogP contribution in [0.5, 0.6) is 0 Å². The third kappa shape index (κ3) is 2.35. The standard InChI is InChI=1S/C14H10ClN3O2/c15-10-2-1-5-16-13(10)18-14(20)9-4-3-8-7-12(19)17-11(8)6-9/h1-6H,7H2,(H,17,19)(H,16,18,20). The number of carbonyl (C=O) groups excluding carboxylic acids is 2. The van der Waals surface area contributed by atoms with Gasteiger partial charge in [-0.15, -0.1) is 0 Å². The van der Waals surface area contributed by atoms with E-state index in [0.717, 1.165) is 5.56 Å². The molecule has 3 rings (SSSR count). The highest BCUT2D eigenvalue weighted by atomic mass is 35.5. The van der Waals surface area contributed by atoms with Gasteiger partial charge in [-0.2, -0.15) is 0 Å². The molecular formula is C14H10ClN3O2. The highest BCUT2D eigenvalue weighted by Crippen LogP contribution is 2.25. The molecule has 1 aromatic carbocycles. The van der Waals surface area contributed by atoms with Gasteiger partial charge in [0.15, 0.2) is 5.82 Å². The van der Waals surface area contributed by atoms with Crippen LogP contribution in [0.2, 0.25) is 5.02 Å². The maximum atomic E-state index is 12.1. The number of carbonyl (C=O) groups is 2. The van der Waals surface area contributed by atoms with Crippen molar-refractivity contribution >= 4 is 34.9 Å². The minimum atomic E-state index is -0.324. The molecule has 1 aliphatic heterocycles. The van der Waals surface area contributed by atoms with Crippen LogP contribution in [0.4, 0.5) is 11.5 Å². The summed E-state index contributed by atoms with van der Waals surface area (Å²) in [4.78, 5) is 27.4. The minimum Gasteiger partial charge on any atom is -0.326 e. The Balaban J connectivity index is 1.84. The van der Waals surface area contributed by atoms with Crippen molar-refractivity contribution in [2.45, 2.75) is 6.42 Å². The van der Waals surface area contributed by atoms with E-state index in [1.165, 1.54) is 0 Å². The lowest BCUT2D eigenvalue weighted by Gasteiger charge is -2.07. The van der Waals surface area contributed by atoms with E-state index in [4.69, 9.17) is 11.6 Å². The lowest BCUT2D eigenvalue weighted by atomic mass is 10.1. The number of hydrogen-bond acceptors (Lipinski definition) is 3. The molecule has 0 bridgehead atoms. The zero-order chi connectivity index (χ0) is 14.1. The summed E-state index contributed by atoms with van der Waals surface area (Å²) in [6.07, 6.45) is 1.90. The van der Waals surface area contributed by atoms with Crippen molar-refractivity contribution in [3.05, 3.63) is 52.7 Å². The van der Waals surface area contributed by atoms with Crippen LogP contribution in [-0.4, -0.2) is 16.8 Å². The third-order valence-corrected chi connectivity index (χ3v) is 3.29. The van der Waals surface area contributed by atoms with Gasteiger partial charge in [-0.25, -0.2) is 4.98 Å². The number of pyridine rings is 1. The van der Waals surface area contributed by atoms with Crippen molar-refractivity contribution in [2.24, 2.45) is 0 Å². The number of rotatable bonds is 2. The lowest BCUT2D eigenvalue weighted by Crippen LogP contribution is -2.13. The summed E-state index contributed by atoms with van der Waals surface area (Å²) in [7, 11) is 0. The van der Waals surface area contributed by atoms with Gasteiger partial charge in [0.2, 0.25) is 5.91 Å². The number of nitrogens with zero attached hydrogens (tertiary/aromatic N) is 1. The van der Waals surface area contributed by atoms with Crippen molar-refractivity contribution in [3.8, 4) is 0 Å². The van der Waals surface area contributed by atoms with E-state index in [9.17, 15) is 9.59 Å². The van der Waals surface area contributed by atoms with Gasteiger partial charge in [0.05, 0.1) is 11.4 Å². The summed E-state index contributed by atoms with van der Waals surface area (Å²) in [6.45, 7) is 0. The van der Waals surface area contributed by atoms with E-state index in [1.54, 1.807) is 36.5 Å². The van der Waals surface area contributed by atoms with E-state index in [1.807, 2.05) is 0 Å². The Kier molecular flexibility index (Phi) is 3.12. The fraction of sp³-hybridized carbons (Fsp3) is 0.0714. The monoisotopic (exact) mass is 287 g/mol. The second-order valence-electron chi connectivity index (χ2n) is 4.38. The number of benzene rings is 1. The fourth-order valence-electron chi connectivity index (χ4n) is 2.01. The van der Waals surface area contributed by atoms with Crippen molar-refractivity contribution in [3.63, 3.8) is 0 Å².